The minimum atomic E-state index is -3.00. The zero-order valence-corrected chi connectivity index (χ0v) is 9.99. The summed E-state index contributed by atoms with van der Waals surface area (Å²) in [5.41, 5.74) is 0. The topological polar surface area (TPSA) is 37.4 Å². The van der Waals surface area contributed by atoms with Gasteiger partial charge in [0.05, 0.1) is 6.26 Å². The van der Waals surface area contributed by atoms with Crippen LogP contribution in [0.25, 0.3) is 0 Å². The van der Waals surface area contributed by atoms with Gasteiger partial charge in [-0.2, -0.15) is 16.1 Å². The largest absolute Gasteiger partial charge is 0.212 e. The number of hydrogen-bond donors (Lipinski definition) is 0. The first-order valence-corrected chi connectivity index (χ1v) is 7.45. The van der Waals surface area contributed by atoms with Crippen molar-refractivity contribution in [1.29, 1.82) is 0 Å². The van der Waals surface area contributed by atoms with E-state index in [0.717, 1.165) is 12.2 Å². The van der Waals surface area contributed by atoms with E-state index in [1.54, 1.807) is 4.31 Å². The van der Waals surface area contributed by atoms with Crippen molar-refractivity contribution in [1.82, 2.24) is 4.31 Å². The number of nitrogens with zero attached hydrogens (tertiary/aromatic N) is 1. The van der Waals surface area contributed by atoms with Gasteiger partial charge < -0.3 is 0 Å². The molecular formula is C8H17NO2S2. The Hall–Kier alpha value is 0.260. The van der Waals surface area contributed by atoms with Crippen LogP contribution in [-0.2, 0) is 10.0 Å². The van der Waals surface area contributed by atoms with E-state index in [1.807, 2.05) is 18.7 Å². The first kappa shape index (κ1) is 11.3. The van der Waals surface area contributed by atoms with E-state index in [1.165, 1.54) is 6.26 Å². The van der Waals surface area contributed by atoms with Gasteiger partial charge in [-0.1, -0.05) is 13.8 Å². The lowest BCUT2D eigenvalue weighted by Crippen LogP contribution is -2.48. The van der Waals surface area contributed by atoms with E-state index in [0.29, 0.717) is 11.8 Å². The fourth-order valence-electron chi connectivity index (χ4n) is 1.79. The second kappa shape index (κ2) is 4.19. The van der Waals surface area contributed by atoms with Gasteiger partial charge >= 0.3 is 0 Å². The number of rotatable bonds is 2. The Morgan fingerprint density at radius 3 is 2.54 bits per heavy atom. The predicted molar refractivity (Wildman–Crippen MR) is 57.5 cm³/mol. The molecule has 2 atom stereocenters. The van der Waals surface area contributed by atoms with Crippen LogP contribution in [0.15, 0.2) is 0 Å². The van der Waals surface area contributed by atoms with Gasteiger partial charge in [0, 0.05) is 23.6 Å². The van der Waals surface area contributed by atoms with Gasteiger partial charge in [-0.05, 0) is 6.42 Å². The molecule has 3 nitrogen and oxygen atoms in total. The normalized spacial score (nSPS) is 31.9. The van der Waals surface area contributed by atoms with Gasteiger partial charge in [-0.3, -0.25) is 0 Å². The van der Waals surface area contributed by atoms with Crippen LogP contribution < -0.4 is 0 Å². The molecule has 13 heavy (non-hydrogen) atoms. The van der Waals surface area contributed by atoms with Crippen molar-refractivity contribution in [3.05, 3.63) is 0 Å². The molecular weight excluding hydrogens is 206 g/mol. The monoisotopic (exact) mass is 223 g/mol. The van der Waals surface area contributed by atoms with Crippen LogP contribution >= 0.6 is 11.8 Å². The number of thioether (sulfide) groups is 1. The summed E-state index contributed by atoms with van der Waals surface area (Å²) < 4.78 is 24.5. The molecule has 1 aliphatic rings. The summed E-state index contributed by atoms with van der Waals surface area (Å²) in [6, 6.07) is 0.189. The van der Waals surface area contributed by atoms with Crippen LogP contribution in [0.1, 0.15) is 20.3 Å². The summed E-state index contributed by atoms with van der Waals surface area (Å²) in [6.07, 6.45) is 2.21. The number of hydrogen-bond acceptors (Lipinski definition) is 3. The average molecular weight is 223 g/mol. The Bertz CT molecular complexity index is 263. The first-order chi connectivity index (χ1) is 5.96. The van der Waals surface area contributed by atoms with E-state index in [-0.39, 0.29) is 6.04 Å². The molecule has 0 aromatic carbocycles. The lowest BCUT2D eigenvalue weighted by molar-refractivity contribution is 0.316. The van der Waals surface area contributed by atoms with Crippen molar-refractivity contribution in [3.8, 4) is 0 Å². The SMILES string of the molecule is CC[C@H]1[C@H](C)SCCN1S(C)(=O)=O. The fourth-order valence-corrected chi connectivity index (χ4v) is 4.46. The molecule has 0 spiro atoms. The Labute approximate surface area is 84.9 Å². The van der Waals surface area contributed by atoms with Crippen LogP contribution in [0.2, 0.25) is 0 Å². The van der Waals surface area contributed by atoms with E-state index in [4.69, 9.17) is 0 Å². The highest BCUT2D eigenvalue weighted by molar-refractivity contribution is 8.00. The second-order valence-corrected chi connectivity index (χ2v) is 6.85. The van der Waals surface area contributed by atoms with Crippen molar-refractivity contribution in [2.24, 2.45) is 0 Å². The van der Waals surface area contributed by atoms with Gasteiger partial charge in [0.25, 0.3) is 0 Å². The summed E-state index contributed by atoms with van der Waals surface area (Å²) >= 11 is 1.86. The minimum Gasteiger partial charge on any atom is -0.212 e. The van der Waals surface area contributed by atoms with E-state index >= 15 is 0 Å². The standard InChI is InChI=1S/C8H17NO2S2/c1-4-8-7(2)12-6-5-9(8)13(3,10)11/h7-8H,4-6H2,1-3H3/t7-,8-/m0/s1. The van der Waals surface area contributed by atoms with Crippen molar-refractivity contribution < 1.29 is 8.42 Å². The molecule has 1 saturated heterocycles. The molecule has 0 aromatic heterocycles. The van der Waals surface area contributed by atoms with E-state index in [2.05, 4.69) is 6.92 Å². The Balaban J connectivity index is 2.83. The molecule has 0 aromatic rings. The third kappa shape index (κ3) is 2.60. The maximum atomic E-state index is 11.4. The lowest BCUT2D eigenvalue weighted by atomic mass is 10.1. The zero-order chi connectivity index (χ0) is 10.1. The molecule has 1 aliphatic heterocycles. The average Bonchev–Trinajstić information content (AvgIpc) is 2.02. The van der Waals surface area contributed by atoms with Gasteiger partial charge in [0.1, 0.15) is 0 Å². The van der Waals surface area contributed by atoms with E-state index in [9.17, 15) is 8.42 Å². The maximum Gasteiger partial charge on any atom is 0.211 e. The first-order valence-electron chi connectivity index (χ1n) is 4.55. The molecule has 0 N–H and O–H groups in total. The summed E-state index contributed by atoms with van der Waals surface area (Å²) in [5, 5.41) is 0.425. The Kier molecular flexibility index (Phi) is 3.65. The predicted octanol–water partition coefficient (Wildman–Crippen LogP) is 1.16. The molecule has 0 amide bonds. The summed E-state index contributed by atoms with van der Waals surface area (Å²) in [6.45, 7) is 4.83. The Morgan fingerprint density at radius 1 is 1.54 bits per heavy atom. The third-order valence-corrected chi connectivity index (χ3v) is 5.01. The molecule has 0 radical (unpaired) electrons. The van der Waals surface area contributed by atoms with Gasteiger partial charge in [-0.15, -0.1) is 0 Å². The summed E-state index contributed by atoms with van der Waals surface area (Å²) in [5.74, 6) is 0.921. The van der Waals surface area contributed by atoms with Crippen LogP contribution in [0.4, 0.5) is 0 Å². The minimum absolute atomic E-state index is 0.189. The molecule has 78 valence electrons. The lowest BCUT2D eigenvalue weighted by Gasteiger charge is -2.37. The molecule has 1 rings (SSSR count). The smallest absolute Gasteiger partial charge is 0.211 e. The molecule has 0 unspecified atom stereocenters. The van der Waals surface area contributed by atoms with Crippen LogP contribution in [0.3, 0.4) is 0 Å². The number of sulfonamides is 1. The summed E-state index contributed by atoms with van der Waals surface area (Å²) in [4.78, 5) is 0. The highest BCUT2D eigenvalue weighted by Gasteiger charge is 2.32. The maximum absolute atomic E-state index is 11.4. The van der Waals surface area contributed by atoms with Gasteiger partial charge in [0.15, 0.2) is 0 Å². The fraction of sp³-hybridized carbons (Fsp3) is 1.00. The van der Waals surface area contributed by atoms with Crippen molar-refractivity contribution in [2.75, 3.05) is 18.6 Å². The van der Waals surface area contributed by atoms with Crippen molar-refractivity contribution in [2.45, 2.75) is 31.6 Å². The van der Waals surface area contributed by atoms with Gasteiger partial charge in [0.2, 0.25) is 10.0 Å². The second-order valence-electron chi connectivity index (χ2n) is 3.43. The highest BCUT2D eigenvalue weighted by Crippen LogP contribution is 2.27. The highest BCUT2D eigenvalue weighted by atomic mass is 32.2. The molecule has 0 saturated carbocycles. The summed E-state index contributed by atoms with van der Waals surface area (Å²) in [7, 11) is -3.00. The van der Waals surface area contributed by atoms with Crippen LogP contribution in [0.5, 0.6) is 0 Å². The van der Waals surface area contributed by atoms with Crippen molar-refractivity contribution >= 4 is 21.8 Å². The van der Waals surface area contributed by atoms with E-state index < -0.39 is 10.0 Å². The molecule has 0 aliphatic carbocycles. The quantitative estimate of drug-likeness (QED) is 0.705. The van der Waals surface area contributed by atoms with Crippen LogP contribution in [-0.4, -0.2) is 42.6 Å². The van der Waals surface area contributed by atoms with Gasteiger partial charge in [-0.25, -0.2) is 8.42 Å². The van der Waals surface area contributed by atoms with Crippen LogP contribution in [0, 0.1) is 0 Å². The molecule has 0 bridgehead atoms. The third-order valence-electron chi connectivity index (χ3n) is 2.45. The van der Waals surface area contributed by atoms with Crippen molar-refractivity contribution in [3.63, 3.8) is 0 Å². The molecule has 1 fully saturated rings. The zero-order valence-electron chi connectivity index (χ0n) is 8.36. The molecule has 5 heteroatoms. The molecule has 1 heterocycles. The Morgan fingerprint density at radius 2 is 2.15 bits per heavy atom.